The summed E-state index contributed by atoms with van der Waals surface area (Å²) in [5, 5.41) is 0.843. The number of hydrogen-bond acceptors (Lipinski definition) is 6. The molecule has 1 fully saturated rings. The molecule has 1 atom stereocenters. The van der Waals surface area contributed by atoms with E-state index in [-0.39, 0.29) is 12.0 Å². The van der Waals surface area contributed by atoms with Crippen LogP contribution in [0.3, 0.4) is 0 Å². The van der Waals surface area contributed by atoms with Crippen molar-refractivity contribution in [2.24, 2.45) is 0 Å². The lowest BCUT2D eigenvalue weighted by Gasteiger charge is -2.15. The van der Waals surface area contributed by atoms with Crippen LogP contribution in [0.1, 0.15) is 17.0 Å². The van der Waals surface area contributed by atoms with E-state index in [0.717, 1.165) is 11.8 Å². The second-order valence-electron chi connectivity index (χ2n) is 5.82. The zero-order chi connectivity index (χ0) is 17.2. The highest BCUT2D eigenvalue weighted by atomic mass is 16.5. The monoisotopic (exact) mass is 339 g/mol. The number of amides is 1. The Labute approximate surface area is 144 Å². The number of fused-ring (bicyclic) bond motifs is 1. The molecule has 0 radical (unpaired) electrons. The van der Waals surface area contributed by atoms with E-state index in [1.54, 1.807) is 30.3 Å². The maximum absolute atomic E-state index is 12.7. The Morgan fingerprint density at radius 2 is 2.28 bits per heavy atom. The van der Waals surface area contributed by atoms with Crippen LogP contribution in [-0.2, 0) is 0 Å². The molecule has 1 aliphatic rings. The molecule has 3 aromatic rings. The number of furan rings is 1. The molecular formula is C18H17N3O4. The quantitative estimate of drug-likeness (QED) is 0.727. The van der Waals surface area contributed by atoms with Crippen molar-refractivity contribution < 1.29 is 18.7 Å². The third-order valence-corrected chi connectivity index (χ3v) is 4.21. The van der Waals surface area contributed by atoms with Gasteiger partial charge in [-0.2, -0.15) is 0 Å². The molecule has 0 bridgehead atoms. The van der Waals surface area contributed by atoms with Crippen molar-refractivity contribution in [1.29, 1.82) is 0 Å². The largest absolute Gasteiger partial charge is 0.493 e. The van der Waals surface area contributed by atoms with E-state index in [1.165, 1.54) is 6.33 Å². The number of carbonyl (C=O) groups excluding carboxylic acids is 1. The zero-order valence-corrected chi connectivity index (χ0v) is 13.7. The van der Waals surface area contributed by atoms with Crippen molar-refractivity contribution in [2.45, 2.75) is 12.5 Å². The average molecular weight is 339 g/mol. The Bertz CT molecular complexity index is 894. The van der Waals surface area contributed by atoms with Gasteiger partial charge in [0.2, 0.25) is 5.88 Å². The molecule has 3 heterocycles. The third-order valence-electron chi connectivity index (χ3n) is 4.21. The van der Waals surface area contributed by atoms with Crippen LogP contribution in [0, 0.1) is 0 Å². The number of hydrogen-bond donors (Lipinski definition) is 0. The van der Waals surface area contributed by atoms with Crippen molar-refractivity contribution in [1.82, 2.24) is 14.9 Å². The smallest absolute Gasteiger partial charge is 0.289 e. The molecule has 25 heavy (non-hydrogen) atoms. The van der Waals surface area contributed by atoms with Gasteiger partial charge in [-0.1, -0.05) is 12.1 Å². The van der Waals surface area contributed by atoms with Crippen LogP contribution in [0.5, 0.6) is 11.6 Å². The second kappa shape index (κ2) is 6.43. The molecule has 0 saturated carbocycles. The van der Waals surface area contributed by atoms with E-state index >= 15 is 0 Å². The summed E-state index contributed by atoms with van der Waals surface area (Å²) in [5.41, 5.74) is 0.585. The normalized spacial score (nSPS) is 17.0. The molecule has 4 rings (SSSR count). The summed E-state index contributed by atoms with van der Waals surface area (Å²) in [6.45, 7) is 1.11. The minimum absolute atomic E-state index is 0.0854. The molecule has 7 nitrogen and oxygen atoms in total. The number of likely N-dealkylation sites (tertiary alicyclic amines) is 1. The summed E-state index contributed by atoms with van der Waals surface area (Å²) >= 11 is 0. The first-order valence-corrected chi connectivity index (χ1v) is 8.03. The van der Waals surface area contributed by atoms with Gasteiger partial charge in [-0.3, -0.25) is 4.79 Å². The van der Waals surface area contributed by atoms with E-state index in [0.29, 0.717) is 36.1 Å². The van der Waals surface area contributed by atoms with Crippen molar-refractivity contribution in [2.75, 3.05) is 20.2 Å². The predicted octanol–water partition coefficient (Wildman–Crippen LogP) is 2.52. The van der Waals surface area contributed by atoms with Crippen molar-refractivity contribution >= 4 is 16.9 Å². The van der Waals surface area contributed by atoms with E-state index in [9.17, 15) is 4.79 Å². The highest BCUT2D eigenvalue weighted by Gasteiger charge is 2.30. The highest BCUT2D eigenvalue weighted by molar-refractivity contribution is 5.97. The molecule has 0 spiro atoms. The zero-order valence-electron chi connectivity index (χ0n) is 13.7. The van der Waals surface area contributed by atoms with Gasteiger partial charge in [-0.25, -0.2) is 9.97 Å². The van der Waals surface area contributed by atoms with Gasteiger partial charge in [0.05, 0.1) is 13.7 Å². The Hall–Kier alpha value is -3.09. The van der Waals surface area contributed by atoms with Gasteiger partial charge in [0, 0.05) is 30.6 Å². The van der Waals surface area contributed by atoms with Gasteiger partial charge in [-0.05, 0) is 12.1 Å². The second-order valence-corrected chi connectivity index (χ2v) is 5.82. The lowest BCUT2D eigenvalue weighted by atomic mass is 10.2. The average Bonchev–Trinajstić information content (AvgIpc) is 3.28. The first-order valence-electron chi connectivity index (χ1n) is 8.03. The first kappa shape index (κ1) is 15.4. The Kier molecular flexibility index (Phi) is 3.97. The van der Waals surface area contributed by atoms with Crippen LogP contribution < -0.4 is 9.47 Å². The number of nitrogens with zero attached hydrogens (tertiary/aromatic N) is 3. The minimum atomic E-state index is -0.146. The van der Waals surface area contributed by atoms with E-state index in [2.05, 4.69) is 9.97 Å². The SMILES string of the molecule is COc1cccc2cc(C(=O)N3CCC(Oc4ccncn4)C3)oc12. The molecule has 0 N–H and O–H groups in total. The number of aromatic nitrogens is 2. The Morgan fingerprint density at radius 1 is 1.36 bits per heavy atom. The molecule has 0 aliphatic carbocycles. The van der Waals surface area contributed by atoms with Gasteiger partial charge in [-0.15, -0.1) is 0 Å². The predicted molar refractivity (Wildman–Crippen MR) is 89.7 cm³/mol. The fourth-order valence-corrected chi connectivity index (χ4v) is 2.99. The van der Waals surface area contributed by atoms with Gasteiger partial charge >= 0.3 is 0 Å². The van der Waals surface area contributed by atoms with Gasteiger partial charge in [0.1, 0.15) is 12.4 Å². The molecule has 2 aromatic heterocycles. The van der Waals surface area contributed by atoms with Crippen molar-refractivity contribution in [3.05, 3.63) is 48.6 Å². The van der Waals surface area contributed by atoms with Gasteiger partial charge in [0.25, 0.3) is 5.91 Å². The number of benzene rings is 1. The molecule has 1 aromatic carbocycles. The minimum Gasteiger partial charge on any atom is -0.493 e. The standard InChI is InChI=1S/C18H17N3O4/c1-23-14-4-2-3-12-9-15(25-17(12)14)18(22)21-8-6-13(10-21)24-16-5-7-19-11-20-16/h2-5,7,9,11,13H,6,8,10H2,1H3. The van der Waals surface area contributed by atoms with Crippen LogP contribution in [0.25, 0.3) is 11.0 Å². The fourth-order valence-electron chi connectivity index (χ4n) is 2.99. The van der Waals surface area contributed by atoms with E-state index in [4.69, 9.17) is 13.9 Å². The highest BCUT2D eigenvalue weighted by Crippen LogP contribution is 2.29. The summed E-state index contributed by atoms with van der Waals surface area (Å²) in [4.78, 5) is 22.4. The van der Waals surface area contributed by atoms with Gasteiger partial charge in [0.15, 0.2) is 17.1 Å². The van der Waals surface area contributed by atoms with Crippen LogP contribution >= 0.6 is 0 Å². The van der Waals surface area contributed by atoms with Gasteiger partial charge < -0.3 is 18.8 Å². The molecule has 1 unspecified atom stereocenters. The van der Waals surface area contributed by atoms with Crippen LogP contribution in [0.15, 0.2) is 47.3 Å². The third kappa shape index (κ3) is 3.00. The maximum atomic E-state index is 12.7. The lowest BCUT2D eigenvalue weighted by Crippen LogP contribution is -2.30. The van der Waals surface area contributed by atoms with Crippen molar-refractivity contribution in [3.63, 3.8) is 0 Å². The number of methoxy groups -OCH3 is 1. The summed E-state index contributed by atoms with van der Waals surface area (Å²) < 4.78 is 16.8. The number of para-hydroxylation sites is 1. The summed E-state index contributed by atoms with van der Waals surface area (Å²) in [5.74, 6) is 1.29. The number of ether oxygens (including phenoxy) is 2. The molecular weight excluding hydrogens is 322 g/mol. The Morgan fingerprint density at radius 3 is 3.08 bits per heavy atom. The molecule has 128 valence electrons. The maximum Gasteiger partial charge on any atom is 0.289 e. The van der Waals surface area contributed by atoms with Crippen LogP contribution in [0.2, 0.25) is 0 Å². The van der Waals surface area contributed by atoms with Crippen LogP contribution in [0.4, 0.5) is 0 Å². The lowest BCUT2D eigenvalue weighted by molar-refractivity contribution is 0.0742. The van der Waals surface area contributed by atoms with Crippen LogP contribution in [-0.4, -0.2) is 47.1 Å². The summed E-state index contributed by atoms with van der Waals surface area (Å²) in [6, 6.07) is 9.02. The summed E-state index contributed by atoms with van der Waals surface area (Å²) in [7, 11) is 1.58. The van der Waals surface area contributed by atoms with Crippen molar-refractivity contribution in [3.8, 4) is 11.6 Å². The molecule has 1 aliphatic heterocycles. The molecule has 1 saturated heterocycles. The van der Waals surface area contributed by atoms with E-state index in [1.807, 2.05) is 18.2 Å². The Balaban J connectivity index is 1.48. The fraction of sp³-hybridized carbons (Fsp3) is 0.278. The molecule has 7 heteroatoms. The topological polar surface area (TPSA) is 77.7 Å². The van der Waals surface area contributed by atoms with E-state index < -0.39 is 0 Å². The molecule has 1 amide bonds. The summed E-state index contributed by atoms with van der Waals surface area (Å²) in [6.07, 6.45) is 3.73. The number of carbonyl (C=O) groups is 1. The number of rotatable bonds is 4. The first-order chi connectivity index (χ1) is 12.2.